The van der Waals surface area contributed by atoms with Crippen LogP contribution in [0.3, 0.4) is 0 Å². The van der Waals surface area contributed by atoms with Crippen molar-refractivity contribution in [2.24, 2.45) is 0 Å². The normalized spacial score (nSPS) is 14.4. The Morgan fingerprint density at radius 3 is 1.34 bits per heavy atom. The van der Waals surface area contributed by atoms with Gasteiger partial charge in [-0.1, -0.05) is 229 Å². The van der Waals surface area contributed by atoms with Crippen molar-refractivity contribution in [2.45, 2.75) is 264 Å². The summed E-state index contributed by atoms with van der Waals surface area (Å²) in [6.45, 7) is 4.64. The average Bonchev–Trinajstić information content (AvgIpc) is 3.26. The molecule has 0 aliphatic heterocycles. The Bertz CT molecular complexity index is 1200. The number of unbranched alkanes of at least 4 members (excludes halogenated alkanes) is 31. The van der Waals surface area contributed by atoms with Crippen LogP contribution in [-0.2, 0) is 18.4 Å². The molecule has 0 fully saturated rings. The molecule has 0 spiro atoms. The molecule has 0 rings (SSSR count). The van der Waals surface area contributed by atoms with Gasteiger partial charge in [-0.2, -0.15) is 0 Å². The number of nitrogens with zero attached hydrogens (tertiary/aromatic N) is 1. The monoisotopic (exact) mass is 935 g/mol. The second-order valence-corrected chi connectivity index (χ2v) is 21.3. The van der Waals surface area contributed by atoms with Crippen LogP contribution in [0.25, 0.3) is 0 Å². The number of quaternary nitrogens is 1. The number of aliphatic hydroxyl groups is 1. The third-order valence-electron chi connectivity index (χ3n) is 12.3. The van der Waals surface area contributed by atoms with Crippen molar-refractivity contribution in [2.75, 3.05) is 40.9 Å². The van der Waals surface area contributed by atoms with Crippen LogP contribution in [-0.4, -0.2) is 68.5 Å². The number of aliphatic hydroxyl groups excluding tert-OH is 1. The van der Waals surface area contributed by atoms with Gasteiger partial charge in [-0.3, -0.25) is 9.36 Å². The molecule has 9 heteroatoms. The molecule has 3 atom stereocenters. The van der Waals surface area contributed by atoms with Crippen LogP contribution >= 0.6 is 7.82 Å². The van der Waals surface area contributed by atoms with E-state index in [1.165, 1.54) is 186 Å². The Morgan fingerprint density at radius 1 is 0.538 bits per heavy atom. The van der Waals surface area contributed by atoms with Crippen molar-refractivity contribution in [3.05, 3.63) is 48.6 Å². The van der Waals surface area contributed by atoms with Gasteiger partial charge < -0.3 is 28.8 Å². The number of amides is 1. The highest BCUT2D eigenvalue weighted by Crippen LogP contribution is 2.38. The van der Waals surface area contributed by atoms with Gasteiger partial charge in [0.1, 0.15) is 13.2 Å². The highest BCUT2D eigenvalue weighted by Gasteiger charge is 2.23. The summed E-state index contributed by atoms with van der Waals surface area (Å²) in [4.78, 5) is 25.5. The number of hydrogen-bond acceptors (Lipinski definition) is 6. The van der Waals surface area contributed by atoms with Gasteiger partial charge in [0.2, 0.25) is 5.91 Å². The number of rotatable bonds is 50. The van der Waals surface area contributed by atoms with Crippen LogP contribution in [0, 0.1) is 0 Å². The third-order valence-corrected chi connectivity index (χ3v) is 13.2. The lowest BCUT2D eigenvalue weighted by molar-refractivity contribution is -0.870. The number of allylic oxidation sites excluding steroid dienone is 7. The van der Waals surface area contributed by atoms with Gasteiger partial charge in [-0.15, -0.1) is 0 Å². The molecule has 0 bridgehead atoms. The van der Waals surface area contributed by atoms with Crippen LogP contribution in [0.15, 0.2) is 48.6 Å². The molecule has 0 aromatic carbocycles. The molecule has 8 nitrogen and oxygen atoms in total. The first kappa shape index (κ1) is 63.5. The average molecular weight is 935 g/mol. The van der Waals surface area contributed by atoms with Crippen molar-refractivity contribution < 1.29 is 32.9 Å². The van der Waals surface area contributed by atoms with Crippen LogP contribution in [0.1, 0.15) is 251 Å². The summed E-state index contributed by atoms with van der Waals surface area (Å²) >= 11 is 0. The van der Waals surface area contributed by atoms with Gasteiger partial charge in [0.25, 0.3) is 7.82 Å². The minimum absolute atomic E-state index is 0.00727. The van der Waals surface area contributed by atoms with Gasteiger partial charge in [0.05, 0.1) is 39.9 Å². The summed E-state index contributed by atoms with van der Waals surface area (Å²) < 4.78 is 23.3. The molecule has 0 saturated carbocycles. The van der Waals surface area contributed by atoms with Crippen LogP contribution in [0.4, 0.5) is 0 Å². The molecule has 0 radical (unpaired) electrons. The Hall–Kier alpha value is -1.54. The number of phosphoric acid groups is 1. The fourth-order valence-corrected chi connectivity index (χ4v) is 8.63. The van der Waals surface area contributed by atoms with E-state index in [-0.39, 0.29) is 12.5 Å². The number of carbonyl (C=O) groups excluding carboxylic acids is 1. The predicted octanol–water partition coefficient (Wildman–Crippen LogP) is 15.7. The zero-order valence-electron chi connectivity index (χ0n) is 43.4. The van der Waals surface area contributed by atoms with Crippen LogP contribution in [0.5, 0.6) is 0 Å². The van der Waals surface area contributed by atoms with Gasteiger partial charge in [0, 0.05) is 6.42 Å². The molecular formula is C56H107N2O6P. The maximum absolute atomic E-state index is 12.9. The molecule has 0 aliphatic rings. The largest absolute Gasteiger partial charge is 0.756 e. The lowest BCUT2D eigenvalue weighted by atomic mass is 10.0. The van der Waals surface area contributed by atoms with E-state index in [0.29, 0.717) is 17.4 Å². The van der Waals surface area contributed by atoms with Crippen molar-refractivity contribution in [1.82, 2.24) is 5.32 Å². The Morgan fingerprint density at radius 2 is 0.908 bits per heavy atom. The molecule has 0 aliphatic carbocycles. The predicted molar refractivity (Wildman–Crippen MR) is 279 cm³/mol. The first-order valence-corrected chi connectivity index (χ1v) is 29.0. The Balaban J connectivity index is 4.30. The summed E-state index contributed by atoms with van der Waals surface area (Å²) in [5, 5.41) is 13.8. The fraction of sp³-hybridized carbons (Fsp3) is 0.839. The van der Waals surface area contributed by atoms with Gasteiger partial charge in [-0.25, -0.2) is 0 Å². The highest BCUT2D eigenvalue weighted by atomic mass is 31.2. The van der Waals surface area contributed by atoms with Gasteiger partial charge in [0.15, 0.2) is 0 Å². The van der Waals surface area contributed by atoms with E-state index in [0.717, 1.165) is 44.9 Å². The van der Waals surface area contributed by atoms with E-state index < -0.39 is 26.6 Å². The smallest absolute Gasteiger partial charge is 0.268 e. The molecule has 0 heterocycles. The third kappa shape index (κ3) is 50.2. The first-order chi connectivity index (χ1) is 31.5. The lowest BCUT2D eigenvalue weighted by Gasteiger charge is -2.29. The van der Waals surface area contributed by atoms with Crippen molar-refractivity contribution >= 4 is 13.7 Å². The molecule has 2 N–H and O–H groups in total. The molecule has 65 heavy (non-hydrogen) atoms. The molecular weight excluding hydrogens is 828 g/mol. The van der Waals surface area contributed by atoms with E-state index in [1.807, 2.05) is 27.2 Å². The maximum atomic E-state index is 12.9. The topological polar surface area (TPSA) is 108 Å². The summed E-state index contributed by atoms with van der Waals surface area (Å²) in [7, 11) is 1.24. The Labute approximate surface area is 403 Å². The summed E-state index contributed by atoms with van der Waals surface area (Å²) in [6.07, 6.45) is 61.8. The first-order valence-electron chi connectivity index (χ1n) is 27.5. The van der Waals surface area contributed by atoms with E-state index in [2.05, 4.69) is 55.6 Å². The summed E-state index contributed by atoms with van der Waals surface area (Å²) in [6, 6.07) is -0.905. The Kier molecular flexibility index (Phi) is 46.4. The zero-order valence-corrected chi connectivity index (χ0v) is 44.3. The number of hydrogen-bond donors (Lipinski definition) is 2. The molecule has 1 amide bonds. The van der Waals surface area contributed by atoms with E-state index in [9.17, 15) is 19.4 Å². The highest BCUT2D eigenvalue weighted by molar-refractivity contribution is 7.45. The van der Waals surface area contributed by atoms with Crippen molar-refractivity contribution in [1.29, 1.82) is 0 Å². The SMILES string of the molecule is CCCCCCC/C=C\C/C=C\CCCCCCCCCCCCCC(=O)NC(COP(=O)([O-])OCC[N+](C)(C)C)C(O)/C=C/CC/C=C/CCCCCCCCCCCCCCCC. The maximum Gasteiger partial charge on any atom is 0.268 e. The molecule has 3 unspecified atom stereocenters. The second kappa shape index (κ2) is 47.5. The van der Waals surface area contributed by atoms with Crippen LogP contribution < -0.4 is 10.2 Å². The van der Waals surface area contributed by atoms with Crippen molar-refractivity contribution in [3.63, 3.8) is 0 Å². The van der Waals surface area contributed by atoms with Crippen LogP contribution in [0.2, 0.25) is 0 Å². The number of likely N-dealkylation sites (N-methyl/N-ethyl adjacent to an activating group) is 1. The van der Waals surface area contributed by atoms with E-state index in [4.69, 9.17) is 9.05 Å². The molecule has 0 aromatic rings. The molecule has 0 saturated heterocycles. The quantitative estimate of drug-likeness (QED) is 0.0272. The zero-order chi connectivity index (χ0) is 47.8. The number of carbonyl (C=O) groups is 1. The van der Waals surface area contributed by atoms with E-state index >= 15 is 0 Å². The molecule has 382 valence electrons. The fourth-order valence-electron chi connectivity index (χ4n) is 7.91. The number of nitrogens with one attached hydrogen (secondary N) is 1. The minimum Gasteiger partial charge on any atom is -0.756 e. The van der Waals surface area contributed by atoms with Gasteiger partial charge in [-0.05, 0) is 64.2 Å². The second-order valence-electron chi connectivity index (χ2n) is 19.9. The van der Waals surface area contributed by atoms with Crippen molar-refractivity contribution in [3.8, 4) is 0 Å². The number of phosphoric ester groups is 1. The molecule has 0 aromatic heterocycles. The standard InChI is InChI=1S/C56H107N2O6P/c1-6-8-10-12-14-16-18-20-22-24-26-28-29-30-32-34-36-38-40-42-44-46-48-50-56(60)57-54(53-64-65(61,62)63-52-51-58(3,4)5)55(59)49-47-45-43-41-39-37-35-33-31-27-25-23-21-19-17-15-13-11-9-7-2/h18,20,24,26,39,41,47,49,54-55,59H,6-17,19,21-23,25,27-38,40,42-46,48,50-53H2,1-5H3,(H-,57,60,61,62)/b20-18-,26-24-,41-39+,49-47+. The van der Waals surface area contributed by atoms with E-state index in [1.54, 1.807) is 6.08 Å². The minimum atomic E-state index is -4.60. The summed E-state index contributed by atoms with van der Waals surface area (Å²) in [5.41, 5.74) is 0. The summed E-state index contributed by atoms with van der Waals surface area (Å²) in [5.74, 6) is -0.208. The van der Waals surface area contributed by atoms with Gasteiger partial charge >= 0.3 is 0 Å². The lowest BCUT2D eigenvalue weighted by Crippen LogP contribution is -2.45.